The molecule has 0 aliphatic carbocycles. The van der Waals surface area contributed by atoms with Crippen molar-refractivity contribution >= 4 is 17.1 Å². The van der Waals surface area contributed by atoms with Gasteiger partial charge < -0.3 is 5.32 Å². The summed E-state index contributed by atoms with van der Waals surface area (Å²) in [5.74, 6) is -0.224. The molecule has 0 saturated heterocycles. The molecule has 3 heterocycles. The van der Waals surface area contributed by atoms with E-state index in [-0.39, 0.29) is 11.9 Å². The fourth-order valence-corrected chi connectivity index (χ4v) is 2.57. The molecule has 0 unspecified atom stereocenters. The molecule has 0 bridgehead atoms. The number of amides is 1. The first kappa shape index (κ1) is 14.3. The SMILES string of the molecule is Cc1nn(C(C)C)c(C)c1NC(=O)c1cc2ccccn2n1. The number of hydrogen-bond acceptors (Lipinski definition) is 3. The zero-order valence-corrected chi connectivity index (χ0v) is 13.2. The highest BCUT2D eigenvalue weighted by Gasteiger charge is 2.18. The van der Waals surface area contributed by atoms with Crippen LogP contribution in [0.3, 0.4) is 0 Å². The number of aromatic nitrogens is 4. The number of hydrogen-bond donors (Lipinski definition) is 1. The second kappa shape index (κ2) is 5.29. The van der Waals surface area contributed by atoms with Gasteiger partial charge in [-0.25, -0.2) is 4.52 Å². The molecule has 0 spiro atoms. The molecule has 3 aromatic rings. The molecule has 0 atom stereocenters. The van der Waals surface area contributed by atoms with Gasteiger partial charge in [-0.15, -0.1) is 0 Å². The molecule has 0 aliphatic heterocycles. The molecule has 0 fully saturated rings. The Labute approximate surface area is 128 Å². The third-order valence-electron chi connectivity index (χ3n) is 3.66. The highest BCUT2D eigenvalue weighted by atomic mass is 16.2. The number of carbonyl (C=O) groups excluding carboxylic acids is 1. The van der Waals surface area contributed by atoms with E-state index >= 15 is 0 Å². The van der Waals surface area contributed by atoms with Crippen LogP contribution in [0.5, 0.6) is 0 Å². The molecule has 22 heavy (non-hydrogen) atoms. The summed E-state index contributed by atoms with van der Waals surface area (Å²) in [7, 11) is 0. The van der Waals surface area contributed by atoms with Gasteiger partial charge in [0.05, 0.1) is 22.6 Å². The number of nitrogens with zero attached hydrogens (tertiary/aromatic N) is 4. The average Bonchev–Trinajstić information content (AvgIpc) is 3.03. The zero-order valence-electron chi connectivity index (χ0n) is 13.2. The van der Waals surface area contributed by atoms with Crippen molar-refractivity contribution in [2.24, 2.45) is 0 Å². The third-order valence-corrected chi connectivity index (χ3v) is 3.66. The van der Waals surface area contributed by atoms with Gasteiger partial charge in [-0.05, 0) is 45.9 Å². The monoisotopic (exact) mass is 297 g/mol. The standard InChI is InChI=1S/C16H19N5O/c1-10(2)21-12(4)15(11(3)18-21)17-16(22)14-9-13-7-5-6-8-20(13)19-14/h5-10H,1-4H3,(H,17,22). The second-order valence-corrected chi connectivity index (χ2v) is 5.64. The smallest absolute Gasteiger partial charge is 0.276 e. The molecule has 1 amide bonds. The molecule has 0 aromatic carbocycles. The Morgan fingerprint density at radius 2 is 2.00 bits per heavy atom. The Balaban J connectivity index is 1.91. The molecular formula is C16H19N5O. The lowest BCUT2D eigenvalue weighted by molar-refractivity contribution is 0.102. The summed E-state index contributed by atoms with van der Waals surface area (Å²) < 4.78 is 3.60. The van der Waals surface area contributed by atoms with Gasteiger partial charge in [0, 0.05) is 12.2 Å². The predicted molar refractivity (Wildman–Crippen MR) is 85.2 cm³/mol. The van der Waals surface area contributed by atoms with Crippen LogP contribution >= 0.6 is 0 Å². The molecule has 6 nitrogen and oxygen atoms in total. The maximum absolute atomic E-state index is 12.4. The van der Waals surface area contributed by atoms with Gasteiger partial charge in [0.25, 0.3) is 5.91 Å². The minimum absolute atomic E-state index is 0.224. The lowest BCUT2D eigenvalue weighted by Gasteiger charge is -2.08. The van der Waals surface area contributed by atoms with Crippen molar-refractivity contribution in [2.45, 2.75) is 33.7 Å². The van der Waals surface area contributed by atoms with Crippen LogP contribution in [-0.4, -0.2) is 25.3 Å². The maximum Gasteiger partial charge on any atom is 0.276 e. The molecule has 3 aromatic heterocycles. The number of nitrogens with one attached hydrogen (secondary N) is 1. The van der Waals surface area contributed by atoms with Crippen LogP contribution in [0.2, 0.25) is 0 Å². The summed E-state index contributed by atoms with van der Waals surface area (Å²) >= 11 is 0. The minimum atomic E-state index is -0.224. The normalized spacial score (nSPS) is 11.3. The molecular weight excluding hydrogens is 278 g/mol. The van der Waals surface area contributed by atoms with Gasteiger partial charge in [-0.3, -0.25) is 9.48 Å². The number of fused-ring (bicyclic) bond motifs is 1. The lowest BCUT2D eigenvalue weighted by atomic mass is 10.2. The van der Waals surface area contributed by atoms with Crippen molar-refractivity contribution in [1.82, 2.24) is 19.4 Å². The summed E-state index contributed by atoms with van der Waals surface area (Å²) in [5, 5.41) is 11.7. The molecule has 3 rings (SSSR count). The maximum atomic E-state index is 12.4. The van der Waals surface area contributed by atoms with E-state index in [1.165, 1.54) is 0 Å². The highest BCUT2D eigenvalue weighted by molar-refractivity contribution is 6.04. The predicted octanol–water partition coefficient (Wildman–Crippen LogP) is 2.98. The first-order valence-electron chi connectivity index (χ1n) is 7.29. The molecule has 0 aliphatic rings. The van der Waals surface area contributed by atoms with Gasteiger partial charge in [0.1, 0.15) is 0 Å². The van der Waals surface area contributed by atoms with Crippen molar-refractivity contribution in [2.75, 3.05) is 5.32 Å². The lowest BCUT2D eigenvalue weighted by Crippen LogP contribution is -2.14. The van der Waals surface area contributed by atoms with Gasteiger partial charge in [-0.1, -0.05) is 6.07 Å². The first-order valence-corrected chi connectivity index (χ1v) is 7.29. The van der Waals surface area contributed by atoms with E-state index in [0.29, 0.717) is 5.69 Å². The summed E-state index contributed by atoms with van der Waals surface area (Å²) in [6.45, 7) is 7.98. The first-order chi connectivity index (χ1) is 10.5. The van der Waals surface area contributed by atoms with Gasteiger partial charge in [-0.2, -0.15) is 10.2 Å². The Bertz CT molecular complexity index is 810. The van der Waals surface area contributed by atoms with Crippen molar-refractivity contribution in [3.8, 4) is 0 Å². The number of aryl methyl sites for hydroxylation is 1. The fraction of sp³-hybridized carbons (Fsp3) is 0.312. The molecule has 0 radical (unpaired) electrons. The molecule has 0 saturated carbocycles. The number of rotatable bonds is 3. The van der Waals surface area contributed by atoms with Crippen LogP contribution in [-0.2, 0) is 0 Å². The fourth-order valence-electron chi connectivity index (χ4n) is 2.57. The van der Waals surface area contributed by atoms with Gasteiger partial charge in [0.2, 0.25) is 0 Å². The van der Waals surface area contributed by atoms with Crippen molar-refractivity contribution < 1.29 is 4.79 Å². The number of carbonyl (C=O) groups is 1. The van der Waals surface area contributed by atoms with Gasteiger partial charge >= 0.3 is 0 Å². The Kier molecular flexibility index (Phi) is 3.44. The van der Waals surface area contributed by atoms with E-state index in [2.05, 4.69) is 29.4 Å². The van der Waals surface area contributed by atoms with E-state index in [0.717, 1.165) is 22.6 Å². The quantitative estimate of drug-likeness (QED) is 0.808. The van der Waals surface area contributed by atoms with Crippen molar-refractivity contribution in [1.29, 1.82) is 0 Å². The van der Waals surface area contributed by atoms with Crippen LogP contribution in [0.15, 0.2) is 30.5 Å². The Morgan fingerprint density at radius 1 is 1.23 bits per heavy atom. The summed E-state index contributed by atoms with van der Waals surface area (Å²) in [6.07, 6.45) is 1.82. The summed E-state index contributed by atoms with van der Waals surface area (Å²) in [5.41, 5.74) is 3.80. The number of anilines is 1. The molecule has 1 N–H and O–H groups in total. The third kappa shape index (κ3) is 2.36. The van der Waals surface area contributed by atoms with Crippen LogP contribution in [0.4, 0.5) is 5.69 Å². The highest BCUT2D eigenvalue weighted by Crippen LogP contribution is 2.23. The molecule has 114 valence electrons. The number of pyridine rings is 1. The van der Waals surface area contributed by atoms with Crippen LogP contribution in [0.25, 0.3) is 5.52 Å². The minimum Gasteiger partial charge on any atom is -0.317 e. The van der Waals surface area contributed by atoms with E-state index in [1.807, 2.05) is 42.9 Å². The van der Waals surface area contributed by atoms with Crippen molar-refractivity contribution in [3.05, 3.63) is 47.5 Å². The average molecular weight is 297 g/mol. The van der Waals surface area contributed by atoms with E-state index in [9.17, 15) is 4.79 Å². The Hall–Kier alpha value is -2.63. The topological polar surface area (TPSA) is 64.2 Å². The zero-order chi connectivity index (χ0) is 15.9. The summed E-state index contributed by atoms with van der Waals surface area (Å²) in [6, 6.07) is 7.73. The Morgan fingerprint density at radius 3 is 2.64 bits per heavy atom. The van der Waals surface area contributed by atoms with E-state index < -0.39 is 0 Å². The van der Waals surface area contributed by atoms with E-state index in [1.54, 1.807) is 10.6 Å². The van der Waals surface area contributed by atoms with Gasteiger partial charge in [0.15, 0.2) is 5.69 Å². The van der Waals surface area contributed by atoms with Crippen LogP contribution in [0, 0.1) is 13.8 Å². The summed E-state index contributed by atoms with van der Waals surface area (Å²) in [4.78, 5) is 12.4. The largest absolute Gasteiger partial charge is 0.317 e. The second-order valence-electron chi connectivity index (χ2n) is 5.64. The van der Waals surface area contributed by atoms with E-state index in [4.69, 9.17) is 0 Å². The van der Waals surface area contributed by atoms with Crippen LogP contribution in [0.1, 0.15) is 41.8 Å². The van der Waals surface area contributed by atoms with Crippen LogP contribution < -0.4 is 5.32 Å². The molecule has 6 heteroatoms. The van der Waals surface area contributed by atoms with Crippen molar-refractivity contribution in [3.63, 3.8) is 0 Å².